The fraction of sp³-hybridized carbons (Fsp3) is 0.423. The molecule has 3 aromatic rings. The lowest BCUT2D eigenvalue weighted by molar-refractivity contribution is 0.0342. The van der Waals surface area contributed by atoms with Gasteiger partial charge in [0.25, 0.3) is 5.91 Å². The topological polar surface area (TPSA) is 113 Å². The Hall–Kier alpha value is -3.43. The first-order valence-corrected chi connectivity index (χ1v) is 12.1. The zero-order valence-corrected chi connectivity index (χ0v) is 20.5. The van der Waals surface area contributed by atoms with Crippen molar-refractivity contribution in [2.45, 2.75) is 39.7 Å². The van der Waals surface area contributed by atoms with Gasteiger partial charge < -0.3 is 20.3 Å². The Labute approximate surface area is 205 Å². The molecular weight excluding hydrogens is 446 g/mol. The Morgan fingerprint density at radius 2 is 1.80 bits per heavy atom. The number of ether oxygens (including phenoxy) is 1. The summed E-state index contributed by atoms with van der Waals surface area (Å²) in [4.78, 5) is 15.3. The van der Waals surface area contributed by atoms with Crippen molar-refractivity contribution in [2.75, 3.05) is 32.8 Å². The number of hydrogen-bond acceptors (Lipinski definition) is 7. The highest BCUT2D eigenvalue weighted by Gasteiger charge is 2.24. The minimum Gasteiger partial charge on any atom is -0.508 e. The van der Waals surface area contributed by atoms with Crippen LogP contribution in [0.2, 0.25) is 0 Å². The third-order valence-electron chi connectivity index (χ3n) is 6.11. The number of carbonyl (C=O) groups excluding carboxylic acids is 1. The average Bonchev–Trinajstić information content (AvgIpc) is 3.28. The van der Waals surface area contributed by atoms with Crippen molar-refractivity contribution in [3.05, 3.63) is 53.3 Å². The molecule has 4 rings (SSSR count). The first kappa shape index (κ1) is 24.7. The smallest absolute Gasteiger partial charge is 0.289 e. The second-order valence-electron chi connectivity index (χ2n) is 9.08. The van der Waals surface area contributed by atoms with E-state index in [1.54, 1.807) is 10.6 Å². The number of phenolic OH excluding ortho intramolecular Hbond substituents is 2. The Morgan fingerprint density at radius 1 is 1.09 bits per heavy atom. The zero-order valence-electron chi connectivity index (χ0n) is 20.5. The Kier molecular flexibility index (Phi) is 7.67. The molecule has 0 saturated carbocycles. The van der Waals surface area contributed by atoms with Crippen LogP contribution >= 0.6 is 0 Å². The van der Waals surface area contributed by atoms with Crippen molar-refractivity contribution < 1.29 is 19.7 Å². The van der Waals surface area contributed by atoms with Gasteiger partial charge in [-0.25, -0.2) is 0 Å². The maximum atomic E-state index is 12.9. The summed E-state index contributed by atoms with van der Waals surface area (Å²) < 4.78 is 7.08. The van der Waals surface area contributed by atoms with Crippen LogP contribution < -0.4 is 5.32 Å². The van der Waals surface area contributed by atoms with Gasteiger partial charge in [0.1, 0.15) is 11.5 Å². The molecule has 2 aromatic carbocycles. The highest BCUT2D eigenvalue weighted by molar-refractivity contribution is 5.92. The average molecular weight is 480 g/mol. The normalized spacial score (nSPS) is 14.4. The minimum atomic E-state index is -0.342. The Bertz CT molecular complexity index is 1170. The van der Waals surface area contributed by atoms with Crippen LogP contribution in [0.4, 0.5) is 0 Å². The molecule has 0 unspecified atom stereocenters. The molecule has 186 valence electrons. The summed E-state index contributed by atoms with van der Waals surface area (Å²) in [5.41, 5.74) is 2.92. The van der Waals surface area contributed by atoms with Crippen LogP contribution in [-0.2, 0) is 11.3 Å². The number of nitrogens with one attached hydrogen (secondary N) is 1. The van der Waals surface area contributed by atoms with Crippen molar-refractivity contribution >= 4 is 5.91 Å². The molecule has 0 bridgehead atoms. The Morgan fingerprint density at radius 3 is 2.46 bits per heavy atom. The first-order chi connectivity index (χ1) is 16.9. The summed E-state index contributed by atoms with van der Waals surface area (Å²) in [5.74, 6) is 0.0217. The molecule has 0 spiro atoms. The predicted octanol–water partition coefficient (Wildman–Crippen LogP) is 3.44. The summed E-state index contributed by atoms with van der Waals surface area (Å²) in [7, 11) is 0. The third-order valence-corrected chi connectivity index (χ3v) is 6.11. The molecule has 1 fully saturated rings. The summed E-state index contributed by atoms with van der Waals surface area (Å²) in [6.45, 7) is 10.5. The number of nitrogens with zero attached hydrogens (tertiary/aromatic N) is 4. The standard InChI is InChI=1S/C26H33N5O4/c1-4-9-27-26(34)25-29-28-24(21-14-20(17(2)3)22(32)15-23(21)33)31(25)19-7-5-18(6-8-19)16-30-10-12-35-13-11-30/h5-8,14-15,17,32-33H,4,9-13,16H2,1-3H3,(H,27,34). The van der Waals surface area contributed by atoms with E-state index in [9.17, 15) is 15.0 Å². The molecule has 3 N–H and O–H groups in total. The molecule has 0 radical (unpaired) electrons. The van der Waals surface area contributed by atoms with E-state index >= 15 is 0 Å². The fourth-order valence-electron chi connectivity index (χ4n) is 4.17. The van der Waals surface area contributed by atoms with Crippen LogP contribution in [0.25, 0.3) is 17.1 Å². The number of aromatic nitrogens is 3. The number of phenols is 2. The van der Waals surface area contributed by atoms with E-state index in [0.717, 1.165) is 44.8 Å². The van der Waals surface area contributed by atoms with Gasteiger partial charge in [-0.1, -0.05) is 32.9 Å². The second-order valence-corrected chi connectivity index (χ2v) is 9.08. The largest absolute Gasteiger partial charge is 0.508 e. The van der Waals surface area contributed by atoms with Gasteiger partial charge in [-0.3, -0.25) is 14.3 Å². The van der Waals surface area contributed by atoms with Gasteiger partial charge in [0.15, 0.2) is 5.82 Å². The van der Waals surface area contributed by atoms with Gasteiger partial charge in [-0.2, -0.15) is 0 Å². The van der Waals surface area contributed by atoms with Gasteiger partial charge in [0, 0.05) is 37.9 Å². The first-order valence-electron chi connectivity index (χ1n) is 12.1. The zero-order chi connectivity index (χ0) is 24.9. The lowest BCUT2D eigenvalue weighted by atomic mass is 9.98. The van der Waals surface area contributed by atoms with Gasteiger partial charge in [0.2, 0.25) is 5.82 Å². The van der Waals surface area contributed by atoms with E-state index in [2.05, 4.69) is 20.4 Å². The third kappa shape index (κ3) is 5.47. The number of hydrogen-bond donors (Lipinski definition) is 3. The van der Waals surface area contributed by atoms with Crippen molar-refractivity contribution in [3.8, 4) is 28.6 Å². The lowest BCUT2D eigenvalue weighted by Crippen LogP contribution is -2.35. The van der Waals surface area contributed by atoms with Crippen molar-refractivity contribution in [1.82, 2.24) is 25.0 Å². The van der Waals surface area contributed by atoms with Crippen LogP contribution in [0, 0.1) is 0 Å². The molecule has 0 aliphatic carbocycles. The van der Waals surface area contributed by atoms with Crippen LogP contribution in [-0.4, -0.2) is 68.6 Å². The van der Waals surface area contributed by atoms with Crippen LogP contribution in [0.15, 0.2) is 36.4 Å². The van der Waals surface area contributed by atoms with Crippen molar-refractivity contribution in [1.29, 1.82) is 0 Å². The molecule has 1 aliphatic heterocycles. The van der Waals surface area contributed by atoms with Gasteiger partial charge in [0.05, 0.1) is 18.8 Å². The SMILES string of the molecule is CCCNC(=O)c1nnc(-c2cc(C(C)C)c(O)cc2O)n1-c1ccc(CN2CCOCC2)cc1. The predicted molar refractivity (Wildman–Crippen MR) is 133 cm³/mol. The molecule has 1 amide bonds. The molecule has 2 heterocycles. The molecule has 1 aromatic heterocycles. The molecule has 9 heteroatoms. The number of morpholine rings is 1. The number of rotatable bonds is 8. The maximum Gasteiger partial charge on any atom is 0.289 e. The molecule has 1 saturated heterocycles. The quantitative estimate of drug-likeness (QED) is 0.454. The van der Waals surface area contributed by atoms with Crippen molar-refractivity contribution in [2.24, 2.45) is 0 Å². The van der Waals surface area contributed by atoms with Gasteiger partial charge in [-0.05, 0) is 41.7 Å². The molecular formula is C26H33N5O4. The van der Waals surface area contributed by atoms with Gasteiger partial charge >= 0.3 is 0 Å². The van der Waals surface area contributed by atoms with E-state index in [1.165, 1.54) is 6.07 Å². The highest BCUT2D eigenvalue weighted by atomic mass is 16.5. The fourth-order valence-corrected chi connectivity index (χ4v) is 4.17. The molecule has 1 aliphatic rings. The summed E-state index contributed by atoms with van der Waals surface area (Å²) in [5, 5.41) is 32.3. The van der Waals surface area contributed by atoms with E-state index in [-0.39, 0.29) is 29.1 Å². The van der Waals surface area contributed by atoms with Crippen LogP contribution in [0.1, 0.15) is 54.9 Å². The number of carbonyl (C=O) groups is 1. The Balaban J connectivity index is 1.75. The second kappa shape index (κ2) is 10.9. The van der Waals surface area contributed by atoms with E-state index in [1.807, 2.05) is 45.0 Å². The van der Waals surface area contributed by atoms with Crippen LogP contribution in [0.3, 0.4) is 0 Å². The van der Waals surface area contributed by atoms with E-state index in [4.69, 9.17) is 4.74 Å². The molecule has 0 atom stereocenters. The summed E-state index contributed by atoms with van der Waals surface area (Å²) >= 11 is 0. The van der Waals surface area contributed by atoms with Crippen LogP contribution in [0.5, 0.6) is 11.5 Å². The summed E-state index contributed by atoms with van der Waals surface area (Å²) in [6.07, 6.45) is 0.791. The number of aromatic hydroxyl groups is 2. The molecule has 9 nitrogen and oxygen atoms in total. The lowest BCUT2D eigenvalue weighted by Gasteiger charge is -2.26. The number of benzene rings is 2. The van der Waals surface area contributed by atoms with Crippen molar-refractivity contribution in [3.63, 3.8) is 0 Å². The minimum absolute atomic E-state index is 0.0145. The summed E-state index contributed by atoms with van der Waals surface area (Å²) in [6, 6.07) is 10.9. The number of amides is 1. The van der Waals surface area contributed by atoms with E-state index in [0.29, 0.717) is 29.2 Å². The molecule has 35 heavy (non-hydrogen) atoms. The van der Waals surface area contributed by atoms with Gasteiger partial charge in [-0.15, -0.1) is 10.2 Å². The maximum absolute atomic E-state index is 12.9. The monoisotopic (exact) mass is 479 g/mol. The van der Waals surface area contributed by atoms with E-state index < -0.39 is 0 Å². The highest BCUT2D eigenvalue weighted by Crippen LogP contribution is 2.38.